The number of hydrogen-bond acceptors (Lipinski definition) is 1. The molecular formula is C33H27N. The molecule has 0 radical (unpaired) electrons. The Balaban J connectivity index is 1.42. The van der Waals surface area contributed by atoms with Crippen LogP contribution in [0, 0.1) is 0 Å². The molecule has 0 heterocycles. The summed E-state index contributed by atoms with van der Waals surface area (Å²) < 4.78 is 0. The quantitative estimate of drug-likeness (QED) is 0.296. The zero-order chi connectivity index (χ0) is 23.1. The highest BCUT2D eigenvalue weighted by atomic mass is 14.9. The third-order valence-electron chi connectivity index (χ3n) is 7.02. The van der Waals surface area contributed by atoms with Crippen molar-refractivity contribution in [2.75, 3.05) is 5.32 Å². The second-order valence-electron chi connectivity index (χ2n) is 9.59. The maximum Gasteiger partial charge on any atom is 0.0396 e. The van der Waals surface area contributed by atoms with Crippen molar-refractivity contribution in [1.29, 1.82) is 0 Å². The molecule has 164 valence electrons. The Hall–Kier alpha value is -4.10. The smallest absolute Gasteiger partial charge is 0.0396 e. The molecule has 5 aromatic carbocycles. The van der Waals surface area contributed by atoms with Crippen molar-refractivity contribution in [3.8, 4) is 33.4 Å². The Morgan fingerprint density at radius 3 is 1.65 bits per heavy atom. The van der Waals surface area contributed by atoms with Crippen molar-refractivity contribution in [1.82, 2.24) is 0 Å². The predicted molar refractivity (Wildman–Crippen MR) is 145 cm³/mol. The van der Waals surface area contributed by atoms with Crippen LogP contribution in [0.3, 0.4) is 0 Å². The van der Waals surface area contributed by atoms with Gasteiger partial charge in [0.2, 0.25) is 0 Å². The van der Waals surface area contributed by atoms with E-state index in [2.05, 4.69) is 140 Å². The van der Waals surface area contributed by atoms with Gasteiger partial charge in [0.1, 0.15) is 0 Å². The van der Waals surface area contributed by atoms with E-state index in [1.165, 1.54) is 44.5 Å². The predicted octanol–water partition coefficient (Wildman–Crippen LogP) is 9.07. The van der Waals surface area contributed by atoms with E-state index in [4.69, 9.17) is 0 Å². The first-order valence-electron chi connectivity index (χ1n) is 11.9. The summed E-state index contributed by atoms with van der Waals surface area (Å²) in [5.74, 6) is 0. The van der Waals surface area contributed by atoms with Crippen molar-refractivity contribution in [3.63, 3.8) is 0 Å². The molecule has 0 bridgehead atoms. The van der Waals surface area contributed by atoms with Gasteiger partial charge < -0.3 is 5.32 Å². The Kier molecular flexibility index (Phi) is 4.85. The maximum atomic E-state index is 3.72. The van der Waals surface area contributed by atoms with E-state index in [9.17, 15) is 0 Å². The van der Waals surface area contributed by atoms with Crippen LogP contribution < -0.4 is 5.32 Å². The highest BCUT2D eigenvalue weighted by Gasteiger charge is 2.35. The summed E-state index contributed by atoms with van der Waals surface area (Å²) in [6.07, 6.45) is 0. The van der Waals surface area contributed by atoms with Crippen molar-refractivity contribution in [2.45, 2.75) is 19.3 Å². The van der Waals surface area contributed by atoms with E-state index in [0.717, 1.165) is 11.4 Å². The molecule has 1 heteroatoms. The summed E-state index contributed by atoms with van der Waals surface area (Å²) in [6, 6.07) is 43.5. The van der Waals surface area contributed by atoms with Gasteiger partial charge in [0.15, 0.2) is 0 Å². The average molecular weight is 438 g/mol. The lowest BCUT2D eigenvalue weighted by atomic mass is 9.82. The second-order valence-corrected chi connectivity index (χ2v) is 9.59. The minimum atomic E-state index is -0.00922. The minimum Gasteiger partial charge on any atom is -0.355 e. The van der Waals surface area contributed by atoms with Crippen molar-refractivity contribution in [2.24, 2.45) is 0 Å². The Labute approximate surface area is 201 Å². The molecule has 1 aliphatic carbocycles. The van der Waals surface area contributed by atoms with Crippen LogP contribution >= 0.6 is 0 Å². The SMILES string of the molecule is CC1(C)c2ccccc2-c2ccc(Nc3cc(-c4ccccc4)cc(-c4ccccc4)c3)cc21. The third-order valence-corrected chi connectivity index (χ3v) is 7.02. The molecule has 0 atom stereocenters. The second kappa shape index (κ2) is 8.04. The minimum absolute atomic E-state index is 0.00922. The highest BCUT2D eigenvalue weighted by Crippen LogP contribution is 2.49. The van der Waals surface area contributed by atoms with Gasteiger partial charge in [0, 0.05) is 16.8 Å². The number of hydrogen-bond donors (Lipinski definition) is 1. The van der Waals surface area contributed by atoms with Crippen LogP contribution in [0.15, 0.2) is 121 Å². The zero-order valence-corrected chi connectivity index (χ0v) is 19.5. The molecule has 0 saturated heterocycles. The molecular weight excluding hydrogens is 410 g/mol. The molecule has 0 spiro atoms. The van der Waals surface area contributed by atoms with Crippen LogP contribution in [0.25, 0.3) is 33.4 Å². The summed E-state index contributed by atoms with van der Waals surface area (Å²) >= 11 is 0. The first kappa shape index (κ1) is 20.5. The van der Waals surface area contributed by atoms with Gasteiger partial charge in [-0.2, -0.15) is 0 Å². The van der Waals surface area contributed by atoms with Gasteiger partial charge in [0.25, 0.3) is 0 Å². The standard InChI is InChI=1S/C33H27N/c1-33(2)31-16-10-9-15-29(31)30-18-17-27(22-32(30)33)34-28-20-25(23-11-5-3-6-12-23)19-26(21-28)24-13-7-4-8-14-24/h3-22,34H,1-2H3. The fourth-order valence-corrected chi connectivity index (χ4v) is 5.24. The van der Waals surface area contributed by atoms with E-state index in [-0.39, 0.29) is 5.41 Å². The molecule has 0 fully saturated rings. The fraction of sp³-hybridized carbons (Fsp3) is 0.0909. The first-order valence-corrected chi connectivity index (χ1v) is 11.9. The van der Waals surface area contributed by atoms with Crippen molar-refractivity contribution in [3.05, 3.63) is 132 Å². The van der Waals surface area contributed by atoms with Crippen LogP contribution in [0.2, 0.25) is 0 Å². The van der Waals surface area contributed by atoms with Crippen molar-refractivity contribution >= 4 is 11.4 Å². The Morgan fingerprint density at radius 1 is 0.441 bits per heavy atom. The van der Waals surface area contributed by atoms with Crippen LogP contribution in [0.1, 0.15) is 25.0 Å². The monoisotopic (exact) mass is 437 g/mol. The van der Waals surface area contributed by atoms with E-state index in [0.29, 0.717) is 0 Å². The number of benzene rings is 5. The van der Waals surface area contributed by atoms with Crippen LogP contribution in [0.5, 0.6) is 0 Å². The number of nitrogens with one attached hydrogen (secondary N) is 1. The number of rotatable bonds is 4. The molecule has 5 aromatic rings. The molecule has 0 aromatic heterocycles. The van der Waals surface area contributed by atoms with Gasteiger partial charge in [-0.25, -0.2) is 0 Å². The van der Waals surface area contributed by atoms with E-state index < -0.39 is 0 Å². The Morgan fingerprint density at radius 2 is 1.00 bits per heavy atom. The van der Waals surface area contributed by atoms with E-state index >= 15 is 0 Å². The summed E-state index contributed by atoms with van der Waals surface area (Å²) in [6.45, 7) is 4.65. The summed E-state index contributed by atoms with van der Waals surface area (Å²) in [5, 5.41) is 3.72. The van der Waals surface area contributed by atoms with E-state index in [1.807, 2.05) is 0 Å². The molecule has 0 amide bonds. The molecule has 34 heavy (non-hydrogen) atoms. The third kappa shape index (κ3) is 3.50. The summed E-state index contributed by atoms with van der Waals surface area (Å²) in [4.78, 5) is 0. The fourth-order valence-electron chi connectivity index (χ4n) is 5.24. The lowest BCUT2D eigenvalue weighted by Crippen LogP contribution is -2.15. The molecule has 6 rings (SSSR count). The summed E-state index contributed by atoms with van der Waals surface area (Å²) in [5.41, 5.74) is 12.5. The van der Waals surface area contributed by atoms with Gasteiger partial charge in [-0.1, -0.05) is 105 Å². The van der Waals surface area contributed by atoms with Crippen molar-refractivity contribution < 1.29 is 0 Å². The molecule has 1 aliphatic rings. The average Bonchev–Trinajstić information content (AvgIpc) is 3.11. The van der Waals surface area contributed by atoms with E-state index in [1.54, 1.807) is 0 Å². The van der Waals surface area contributed by atoms with Gasteiger partial charge in [-0.05, 0) is 74.8 Å². The lowest BCUT2D eigenvalue weighted by Gasteiger charge is -2.22. The normalized spacial score (nSPS) is 13.2. The molecule has 1 nitrogen and oxygen atoms in total. The Bertz CT molecular complexity index is 1420. The maximum absolute atomic E-state index is 3.72. The highest BCUT2D eigenvalue weighted by molar-refractivity contribution is 5.84. The first-order chi connectivity index (χ1) is 16.6. The summed E-state index contributed by atoms with van der Waals surface area (Å²) in [7, 11) is 0. The molecule has 0 aliphatic heterocycles. The van der Waals surface area contributed by atoms with Crippen LogP contribution in [0.4, 0.5) is 11.4 Å². The van der Waals surface area contributed by atoms with Gasteiger partial charge in [-0.3, -0.25) is 0 Å². The van der Waals surface area contributed by atoms with Gasteiger partial charge >= 0.3 is 0 Å². The molecule has 0 saturated carbocycles. The van der Waals surface area contributed by atoms with Gasteiger partial charge in [-0.15, -0.1) is 0 Å². The number of fused-ring (bicyclic) bond motifs is 3. The molecule has 1 N–H and O–H groups in total. The van der Waals surface area contributed by atoms with Crippen LogP contribution in [-0.2, 0) is 5.41 Å². The molecule has 0 unspecified atom stereocenters. The zero-order valence-electron chi connectivity index (χ0n) is 19.5. The largest absolute Gasteiger partial charge is 0.355 e. The lowest BCUT2D eigenvalue weighted by molar-refractivity contribution is 0.660. The topological polar surface area (TPSA) is 12.0 Å². The van der Waals surface area contributed by atoms with Gasteiger partial charge in [0.05, 0.1) is 0 Å². The van der Waals surface area contributed by atoms with Crippen LogP contribution in [-0.4, -0.2) is 0 Å². The number of anilines is 2.